The molecular weight excluding hydrogens is 390 g/mol. The van der Waals surface area contributed by atoms with Crippen molar-refractivity contribution in [2.45, 2.75) is 6.61 Å². The predicted octanol–water partition coefficient (Wildman–Crippen LogP) is 3.62. The van der Waals surface area contributed by atoms with Crippen LogP contribution in [0.15, 0.2) is 46.6 Å². The Labute approximate surface area is 153 Å². The average molecular weight is 404 g/mol. The van der Waals surface area contributed by atoms with Crippen molar-refractivity contribution >= 4 is 39.2 Å². The van der Waals surface area contributed by atoms with Gasteiger partial charge in [-0.3, -0.25) is 4.98 Å². The molecule has 2 rings (SSSR count). The topological polar surface area (TPSA) is 81.2 Å². The van der Waals surface area contributed by atoms with E-state index in [1.807, 2.05) is 24.3 Å². The van der Waals surface area contributed by atoms with Crippen LogP contribution in [-0.2, 0) is 6.61 Å². The molecule has 0 unspecified atom stereocenters. The van der Waals surface area contributed by atoms with Gasteiger partial charge in [0.15, 0.2) is 11.5 Å². The Bertz CT molecular complexity index is 817. The van der Waals surface area contributed by atoms with E-state index >= 15 is 0 Å². The summed E-state index contributed by atoms with van der Waals surface area (Å²) in [6, 6.07) is 11.1. The number of rotatable bonds is 6. The van der Waals surface area contributed by atoms with E-state index < -0.39 is 0 Å². The second kappa shape index (κ2) is 8.43. The quantitative estimate of drug-likeness (QED) is 0.450. The molecule has 1 aromatic carbocycles. The van der Waals surface area contributed by atoms with Crippen molar-refractivity contribution in [3.05, 3.63) is 57.8 Å². The number of hydrogen-bond acceptors (Lipinski definition) is 5. The van der Waals surface area contributed by atoms with E-state index in [2.05, 4.69) is 20.9 Å². The molecule has 2 aromatic rings. The summed E-state index contributed by atoms with van der Waals surface area (Å²) in [6.07, 6.45) is 3.30. The van der Waals surface area contributed by atoms with E-state index in [-0.39, 0.29) is 10.6 Å². The van der Waals surface area contributed by atoms with Gasteiger partial charge in [0.1, 0.15) is 17.7 Å². The Hall–Kier alpha value is -2.43. The van der Waals surface area contributed by atoms with Crippen molar-refractivity contribution in [2.24, 2.45) is 5.73 Å². The number of halogens is 1. The molecule has 1 heterocycles. The van der Waals surface area contributed by atoms with Crippen molar-refractivity contribution in [3.63, 3.8) is 0 Å². The number of ether oxygens (including phenoxy) is 2. The number of nitriles is 1. The molecule has 0 amide bonds. The zero-order valence-corrected chi connectivity index (χ0v) is 15.2. The zero-order chi connectivity index (χ0) is 17.5. The van der Waals surface area contributed by atoms with Gasteiger partial charge in [-0.15, -0.1) is 0 Å². The average Bonchev–Trinajstić information content (AvgIpc) is 2.58. The van der Waals surface area contributed by atoms with Crippen molar-refractivity contribution in [1.29, 1.82) is 5.26 Å². The van der Waals surface area contributed by atoms with Gasteiger partial charge < -0.3 is 15.2 Å². The van der Waals surface area contributed by atoms with Crippen LogP contribution < -0.4 is 15.2 Å². The summed E-state index contributed by atoms with van der Waals surface area (Å²) in [4.78, 5) is 4.26. The highest BCUT2D eigenvalue weighted by Crippen LogP contribution is 2.37. The third-order valence-corrected chi connectivity index (χ3v) is 3.85. The number of methoxy groups -OCH3 is 1. The fourth-order valence-electron chi connectivity index (χ4n) is 1.92. The molecule has 0 saturated heterocycles. The smallest absolute Gasteiger partial charge is 0.175 e. The van der Waals surface area contributed by atoms with Gasteiger partial charge in [0, 0.05) is 6.20 Å². The SMILES string of the molecule is COc1cc(/C=C(\C#N)C(N)=S)cc(Br)c1OCc1ccccn1. The van der Waals surface area contributed by atoms with Crippen LogP contribution in [0.5, 0.6) is 11.5 Å². The molecule has 0 aliphatic rings. The third-order valence-electron chi connectivity index (χ3n) is 3.04. The van der Waals surface area contributed by atoms with Gasteiger partial charge in [0.05, 0.1) is 22.8 Å². The normalized spacial score (nSPS) is 10.8. The maximum atomic E-state index is 9.06. The fraction of sp³-hybridized carbons (Fsp3) is 0.118. The van der Waals surface area contributed by atoms with Gasteiger partial charge in [0.2, 0.25) is 0 Å². The maximum Gasteiger partial charge on any atom is 0.175 e. The Morgan fingerprint density at radius 1 is 1.46 bits per heavy atom. The standard InChI is InChI=1S/C17H14BrN3O2S/c1-22-15-8-11(6-12(9-19)17(20)24)7-14(18)16(15)23-10-13-4-2-3-5-21-13/h2-8H,10H2,1H3,(H2,20,24)/b12-6+. The van der Waals surface area contributed by atoms with Crippen LogP contribution in [0.1, 0.15) is 11.3 Å². The second-order valence-electron chi connectivity index (χ2n) is 4.68. The van der Waals surface area contributed by atoms with E-state index in [0.29, 0.717) is 28.1 Å². The minimum absolute atomic E-state index is 0.0445. The molecule has 2 N–H and O–H groups in total. The van der Waals surface area contributed by atoms with Gasteiger partial charge >= 0.3 is 0 Å². The minimum atomic E-state index is 0.0445. The third kappa shape index (κ3) is 4.54. The van der Waals surface area contributed by atoms with Crippen LogP contribution in [0.3, 0.4) is 0 Å². The highest BCUT2D eigenvalue weighted by molar-refractivity contribution is 9.10. The first-order valence-electron chi connectivity index (χ1n) is 6.87. The lowest BCUT2D eigenvalue weighted by Crippen LogP contribution is -2.09. The Kier molecular flexibility index (Phi) is 6.29. The maximum absolute atomic E-state index is 9.06. The largest absolute Gasteiger partial charge is 0.493 e. The van der Waals surface area contributed by atoms with E-state index in [9.17, 15) is 0 Å². The number of pyridine rings is 1. The zero-order valence-electron chi connectivity index (χ0n) is 12.8. The van der Waals surface area contributed by atoms with Crippen molar-refractivity contribution in [2.75, 3.05) is 7.11 Å². The van der Waals surface area contributed by atoms with Crippen molar-refractivity contribution < 1.29 is 9.47 Å². The van der Waals surface area contributed by atoms with Crippen LogP contribution in [0, 0.1) is 11.3 Å². The molecule has 0 saturated carbocycles. The highest BCUT2D eigenvalue weighted by atomic mass is 79.9. The van der Waals surface area contributed by atoms with Gasteiger partial charge in [-0.05, 0) is 51.8 Å². The van der Waals surface area contributed by atoms with Gasteiger partial charge in [-0.2, -0.15) is 5.26 Å². The molecule has 0 spiro atoms. The summed E-state index contributed by atoms with van der Waals surface area (Å²) >= 11 is 8.30. The van der Waals surface area contributed by atoms with Gasteiger partial charge in [-0.1, -0.05) is 18.3 Å². The molecule has 7 heteroatoms. The first-order chi connectivity index (χ1) is 11.5. The number of aromatic nitrogens is 1. The number of hydrogen-bond donors (Lipinski definition) is 1. The molecule has 5 nitrogen and oxygen atoms in total. The predicted molar refractivity (Wildman–Crippen MR) is 99.6 cm³/mol. The first kappa shape index (κ1) is 17.9. The molecule has 0 bridgehead atoms. The highest BCUT2D eigenvalue weighted by Gasteiger charge is 2.12. The molecule has 24 heavy (non-hydrogen) atoms. The molecule has 0 fully saturated rings. The van der Waals surface area contributed by atoms with Gasteiger partial charge in [0.25, 0.3) is 0 Å². The van der Waals surface area contributed by atoms with Gasteiger partial charge in [-0.25, -0.2) is 0 Å². The molecule has 0 aliphatic heterocycles. The summed E-state index contributed by atoms with van der Waals surface area (Å²) in [5.74, 6) is 1.07. The lowest BCUT2D eigenvalue weighted by molar-refractivity contribution is 0.279. The summed E-state index contributed by atoms with van der Waals surface area (Å²) in [5.41, 5.74) is 7.25. The molecular formula is C17H14BrN3O2S. The van der Waals surface area contributed by atoms with Crippen LogP contribution in [0.4, 0.5) is 0 Å². The Balaban J connectivity index is 2.31. The van der Waals surface area contributed by atoms with Crippen LogP contribution in [-0.4, -0.2) is 17.1 Å². The van der Waals surface area contributed by atoms with E-state index in [1.165, 1.54) is 0 Å². The monoisotopic (exact) mass is 403 g/mol. The molecule has 0 atom stereocenters. The van der Waals surface area contributed by atoms with Crippen LogP contribution in [0.25, 0.3) is 6.08 Å². The molecule has 122 valence electrons. The molecule has 1 aromatic heterocycles. The molecule has 0 radical (unpaired) electrons. The van der Waals surface area contributed by atoms with E-state index in [4.69, 9.17) is 32.7 Å². The summed E-state index contributed by atoms with van der Waals surface area (Å²) < 4.78 is 11.9. The second-order valence-corrected chi connectivity index (χ2v) is 5.97. The number of nitrogens with zero attached hydrogens (tertiary/aromatic N) is 2. The van der Waals surface area contributed by atoms with E-state index in [0.717, 1.165) is 5.69 Å². The summed E-state index contributed by atoms with van der Waals surface area (Å²) in [5, 5.41) is 9.06. The lowest BCUT2D eigenvalue weighted by Gasteiger charge is -2.13. The Morgan fingerprint density at radius 2 is 2.25 bits per heavy atom. The Morgan fingerprint density at radius 3 is 2.83 bits per heavy atom. The van der Waals surface area contributed by atoms with Crippen molar-refractivity contribution in [1.82, 2.24) is 4.98 Å². The summed E-state index contributed by atoms with van der Waals surface area (Å²) in [6.45, 7) is 0.307. The molecule has 0 aliphatic carbocycles. The number of benzene rings is 1. The fourth-order valence-corrected chi connectivity index (χ4v) is 2.60. The number of thiocarbonyl (C=S) groups is 1. The van der Waals surface area contributed by atoms with Crippen LogP contribution >= 0.6 is 28.1 Å². The summed E-state index contributed by atoms with van der Waals surface area (Å²) in [7, 11) is 1.54. The lowest BCUT2D eigenvalue weighted by atomic mass is 10.1. The van der Waals surface area contributed by atoms with E-state index in [1.54, 1.807) is 31.5 Å². The first-order valence-corrected chi connectivity index (χ1v) is 8.07. The minimum Gasteiger partial charge on any atom is -0.493 e. The van der Waals surface area contributed by atoms with Crippen molar-refractivity contribution in [3.8, 4) is 17.6 Å². The van der Waals surface area contributed by atoms with Crippen LogP contribution in [0.2, 0.25) is 0 Å². The number of nitrogens with two attached hydrogens (primary N) is 1.